The van der Waals surface area contributed by atoms with Gasteiger partial charge in [0, 0.05) is 5.69 Å². The second-order valence-corrected chi connectivity index (χ2v) is 4.86. The van der Waals surface area contributed by atoms with E-state index in [0.717, 1.165) is 37.8 Å². The third-order valence-corrected chi connectivity index (χ3v) is 3.19. The fraction of sp³-hybridized carbons (Fsp3) is 0.500. The standard InChI is InChI=1S/C14H19FN2O/c1-10-7-11(15)9-12(8-10)17-14(18)13-5-3-2-4-6-16-13/h7-9,13,16H,2-6H2,1H3,(H,17,18). The maximum atomic E-state index is 13.2. The highest BCUT2D eigenvalue weighted by atomic mass is 19.1. The largest absolute Gasteiger partial charge is 0.325 e. The molecule has 1 fully saturated rings. The lowest BCUT2D eigenvalue weighted by Crippen LogP contribution is -2.39. The molecular formula is C14H19FN2O. The first-order valence-corrected chi connectivity index (χ1v) is 6.46. The van der Waals surface area contributed by atoms with Crippen LogP contribution in [0.3, 0.4) is 0 Å². The van der Waals surface area contributed by atoms with E-state index in [1.165, 1.54) is 12.1 Å². The highest BCUT2D eigenvalue weighted by Gasteiger charge is 2.19. The van der Waals surface area contributed by atoms with Gasteiger partial charge in [-0.2, -0.15) is 0 Å². The molecule has 98 valence electrons. The molecule has 0 bridgehead atoms. The third-order valence-electron chi connectivity index (χ3n) is 3.19. The molecule has 2 N–H and O–H groups in total. The molecule has 1 heterocycles. The lowest BCUT2D eigenvalue weighted by atomic mass is 10.1. The minimum Gasteiger partial charge on any atom is -0.325 e. The van der Waals surface area contributed by atoms with Crippen molar-refractivity contribution in [2.24, 2.45) is 0 Å². The second kappa shape index (κ2) is 5.96. The first-order chi connectivity index (χ1) is 8.65. The summed E-state index contributed by atoms with van der Waals surface area (Å²) in [7, 11) is 0. The number of amides is 1. The van der Waals surface area contributed by atoms with Crippen LogP contribution in [0.1, 0.15) is 31.2 Å². The molecule has 1 amide bonds. The molecule has 1 saturated heterocycles. The van der Waals surface area contributed by atoms with Gasteiger partial charge in [-0.3, -0.25) is 4.79 Å². The number of hydrogen-bond acceptors (Lipinski definition) is 2. The summed E-state index contributed by atoms with van der Waals surface area (Å²) in [6.07, 6.45) is 4.19. The fourth-order valence-electron chi connectivity index (χ4n) is 2.29. The van der Waals surface area contributed by atoms with E-state index < -0.39 is 0 Å². The molecule has 0 aromatic heterocycles. The van der Waals surface area contributed by atoms with Crippen molar-refractivity contribution in [3.05, 3.63) is 29.6 Å². The van der Waals surface area contributed by atoms with E-state index in [1.54, 1.807) is 6.07 Å². The van der Waals surface area contributed by atoms with Crippen molar-refractivity contribution in [1.82, 2.24) is 5.32 Å². The van der Waals surface area contributed by atoms with Crippen molar-refractivity contribution in [3.63, 3.8) is 0 Å². The summed E-state index contributed by atoms with van der Waals surface area (Å²) in [5.74, 6) is -0.388. The molecule has 18 heavy (non-hydrogen) atoms. The van der Waals surface area contributed by atoms with Crippen LogP contribution < -0.4 is 10.6 Å². The highest BCUT2D eigenvalue weighted by Crippen LogP contribution is 2.15. The number of carbonyl (C=O) groups excluding carboxylic acids is 1. The van der Waals surface area contributed by atoms with Gasteiger partial charge in [0.15, 0.2) is 0 Å². The van der Waals surface area contributed by atoms with Crippen LogP contribution >= 0.6 is 0 Å². The monoisotopic (exact) mass is 250 g/mol. The van der Waals surface area contributed by atoms with Crippen LogP contribution in [0.4, 0.5) is 10.1 Å². The summed E-state index contributed by atoms with van der Waals surface area (Å²) < 4.78 is 13.2. The van der Waals surface area contributed by atoms with E-state index in [1.807, 2.05) is 6.92 Å². The van der Waals surface area contributed by atoms with Gasteiger partial charge in [-0.15, -0.1) is 0 Å². The first kappa shape index (κ1) is 13.0. The Balaban J connectivity index is 2.01. The smallest absolute Gasteiger partial charge is 0.241 e. The Hall–Kier alpha value is -1.42. The predicted octanol–water partition coefficient (Wildman–Crippen LogP) is 2.60. The van der Waals surface area contributed by atoms with Crippen LogP contribution in [-0.4, -0.2) is 18.5 Å². The summed E-state index contributed by atoms with van der Waals surface area (Å²) in [5, 5.41) is 6.00. The Morgan fingerprint density at radius 1 is 1.33 bits per heavy atom. The van der Waals surface area contributed by atoms with Gasteiger partial charge >= 0.3 is 0 Å². The van der Waals surface area contributed by atoms with Crippen molar-refractivity contribution >= 4 is 11.6 Å². The SMILES string of the molecule is Cc1cc(F)cc(NC(=O)C2CCCCCN2)c1. The van der Waals surface area contributed by atoms with Gasteiger partial charge < -0.3 is 10.6 Å². The molecule has 0 radical (unpaired) electrons. The lowest BCUT2D eigenvalue weighted by Gasteiger charge is -2.15. The van der Waals surface area contributed by atoms with Crippen molar-refractivity contribution < 1.29 is 9.18 Å². The molecule has 1 aliphatic heterocycles. The molecular weight excluding hydrogens is 231 g/mol. The predicted molar refractivity (Wildman–Crippen MR) is 70.0 cm³/mol. The number of halogens is 1. The van der Waals surface area contributed by atoms with Gasteiger partial charge in [-0.05, 0) is 50.1 Å². The Labute approximate surface area is 107 Å². The van der Waals surface area contributed by atoms with Gasteiger partial charge in [0.25, 0.3) is 0 Å². The van der Waals surface area contributed by atoms with Crippen molar-refractivity contribution in [2.75, 3.05) is 11.9 Å². The molecule has 0 aliphatic carbocycles. The molecule has 4 heteroatoms. The minimum atomic E-state index is -0.320. The average molecular weight is 250 g/mol. The molecule has 0 spiro atoms. The molecule has 1 aromatic rings. The Kier molecular flexibility index (Phi) is 4.31. The van der Waals surface area contributed by atoms with E-state index in [-0.39, 0.29) is 17.8 Å². The van der Waals surface area contributed by atoms with E-state index in [4.69, 9.17) is 0 Å². The topological polar surface area (TPSA) is 41.1 Å². The van der Waals surface area contributed by atoms with Crippen LogP contribution in [0.15, 0.2) is 18.2 Å². The Morgan fingerprint density at radius 2 is 2.17 bits per heavy atom. The zero-order chi connectivity index (χ0) is 13.0. The van der Waals surface area contributed by atoms with Gasteiger partial charge in [-0.25, -0.2) is 4.39 Å². The van der Waals surface area contributed by atoms with E-state index in [0.29, 0.717) is 5.69 Å². The van der Waals surface area contributed by atoms with E-state index in [9.17, 15) is 9.18 Å². The maximum Gasteiger partial charge on any atom is 0.241 e. The number of aryl methyl sites for hydroxylation is 1. The van der Waals surface area contributed by atoms with E-state index in [2.05, 4.69) is 10.6 Å². The summed E-state index contributed by atoms with van der Waals surface area (Å²) in [4.78, 5) is 12.0. The van der Waals surface area contributed by atoms with Gasteiger partial charge in [0.05, 0.1) is 6.04 Å². The van der Waals surface area contributed by atoms with Crippen molar-refractivity contribution in [1.29, 1.82) is 0 Å². The fourth-order valence-corrected chi connectivity index (χ4v) is 2.29. The summed E-state index contributed by atoms with van der Waals surface area (Å²) in [6.45, 7) is 2.68. The Bertz CT molecular complexity index is 406. The van der Waals surface area contributed by atoms with Crippen molar-refractivity contribution in [3.8, 4) is 0 Å². The van der Waals surface area contributed by atoms with Crippen LogP contribution in [0.25, 0.3) is 0 Å². The first-order valence-electron chi connectivity index (χ1n) is 6.46. The summed E-state index contributed by atoms with van der Waals surface area (Å²) in [6, 6.07) is 4.41. The Morgan fingerprint density at radius 3 is 2.94 bits per heavy atom. The molecule has 1 aromatic carbocycles. The van der Waals surface area contributed by atoms with Crippen LogP contribution in [0.5, 0.6) is 0 Å². The van der Waals surface area contributed by atoms with Crippen LogP contribution in [0, 0.1) is 12.7 Å². The minimum absolute atomic E-state index is 0.0677. The maximum absolute atomic E-state index is 13.2. The zero-order valence-corrected chi connectivity index (χ0v) is 10.6. The number of carbonyl (C=O) groups is 1. The quantitative estimate of drug-likeness (QED) is 0.847. The zero-order valence-electron chi connectivity index (χ0n) is 10.6. The van der Waals surface area contributed by atoms with Gasteiger partial charge in [0.2, 0.25) is 5.91 Å². The highest BCUT2D eigenvalue weighted by molar-refractivity contribution is 5.94. The number of anilines is 1. The van der Waals surface area contributed by atoms with E-state index >= 15 is 0 Å². The molecule has 1 atom stereocenters. The van der Waals surface area contributed by atoms with Crippen LogP contribution in [-0.2, 0) is 4.79 Å². The van der Waals surface area contributed by atoms with Crippen LogP contribution in [0.2, 0.25) is 0 Å². The number of benzene rings is 1. The van der Waals surface area contributed by atoms with Gasteiger partial charge in [0.1, 0.15) is 5.82 Å². The number of rotatable bonds is 2. The number of nitrogens with one attached hydrogen (secondary N) is 2. The normalized spacial score (nSPS) is 20.2. The average Bonchev–Trinajstić information content (AvgIpc) is 2.55. The molecule has 0 saturated carbocycles. The molecule has 1 aliphatic rings. The van der Waals surface area contributed by atoms with Gasteiger partial charge in [-0.1, -0.05) is 12.8 Å². The second-order valence-electron chi connectivity index (χ2n) is 4.86. The summed E-state index contributed by atoms with van der Waals surface area (Å²) >= 11 is 0. The molecule has 1 unspecified atom stereocenters. The molecule has 3 nitrogen and oxygen atoms in total. The molecule has 2 rings (SSSR count). The third kappa shape index (κ3) is 3.53. The number of hydrogen-bond donors (Lipinski definition) is 2. The van der Waals surface area contributed by atoms with Crippen molar-refractivity contribution in [2.45, 2.75) is 38.6 Å². The summed E-state index contributed by atoms with van der Waals surface area (Å²) in [5.41, 5.74) is 1.34. The lowest BCUT2D eigenvalue weighted by molar-refractivity contribution is -0.118.